The zero-order valence-corrected chi connectivity index (χ0v) is 34.0. The molecule has 0 aliphatic carbocycles. The average Bonchev–Trinajstić information content (AvgIpc) is 3.63. The first-order valence-electron chi connectivity index (χ1n) is 19.4. The molecule has 0 bridgehead atoms. The zero-order valence-electron chi connectivity index (χ0n) is 34.0. The number of carbonyl (C=O) groups is 4. The number of methoxy groups -OCH3 is 2. The van der Waals surface area contributed by atoms with Crippen LogP contribution in [-0.4, -0.2) is 116 Å². The van der Waals surface area contributed by atoms with Crippen LogP contribution in [0.15, 0.2) is 36.7 Å². The van der Waals surface area contributed by atoms with Gasteiger partial charge in [-0.3, -0.25) is 24.2 Å². The van der Waals surface area contributed by atoms with Crippen molar-refractivity contribution in [1.82, 2.24) is 30.7 Å². The van der Waals surface area contributed by atoms with E-state index < -0.39 is 36.3 Å². The maximum absolute atomic E-state index is 14.2. The van der Waals surface area contributed by atoms with Gasteiger partial charge in [0.15, 0.2) is 0 Å². The number of rotatable bonds is 20. The van der Waals surface area contributed by atoms with Crippen LogP contribution in [0.2, 0.25) is 0 Å². The number of aromatic nitrogens is 1. The molecule has 0 spiro atoms. The van der Waals surface area contributed by atoms with Gasteiger partial charge in [0, 0.05) is 52.1 Å². The number of hydrogen-bond donors (Lipinski definition) is 3. The van der Waals surface area contributed by atoms with Crippen LogP contribution in [0.25, 0.3) is 10.8 Å². The largest absolute Gasteiger partial charge is 0.379 e. The molecule has 3 N–H and O–H groups in total. The summed E-state index contributed by atoms with van der Waals surface area (Å²) in [5.41, 5.74) is 1.12. The van der Waals surface area contributed by atoms with Crippen LogP contribution in [0.3, 0.4) is 0 Å². The van der Waals surface area contributed by atoms with Gasteiger partial charge in [-0.2, -0.15) is 0 Å². The van der Waals surface area contributed by atoms with E-state index in [1.807, 2.05) is 63.9 Å². The smallest absolute Gasteiger partial charge is 0.245 e. The van der Waals surface area contributed by atoms with Crippen LogP contribution in [0.4, 0.5) is 0 Å². The molecule has 4 amide bonds. The van der Waals surface area contributed by atoms with Crippen LogP contribution >= 0.6 is 0 Å². The molecule has 8 atom stereocenters. The lowest BCUT2D eigenvalue weighted by Gasteiger charge is -2.41. The van der Waals surface area contributed by atoms with E-state index >= 15 is 0 Å². The summed E-state index contributed by atoms with van der Waals surface area (Å²) in [7, 11) is 6.66. The van der Waals surface area contributed by atoms with E-state index in [2.05, 4.69) is 40.8 Å². The molecule has 2 heterocycles. The molecule has 53 heavy (non-hydrogen) atoms. The van der Waals surface area contributed by atoms with Crippen LogP contribution in [0.1, 0.15) is 79.7 Å². The first-order valence-corrected chi connectivity index (χ1v) is 19.4. The molecule has 0 unspecified atom stereocenters. The molecular formula is C41H66N6O6. The molecule has 1 aromatic heterocycles. The summed E-state index contributed by atoms with van der Waals surface area (Å²) in [4.78, 5) is 62.7. The highest BCUT2D eigenvalue weighted by Gasteiger charge is 2.43. The fourth-order valence-electron chi connectivity index (χ4n) is 7.93. The summed E-state index contributed by atoms with van der Waals surface area (Å²) in [6.45, 7) is 14.7. The highest BCUT2D eigenvalue weighted by atomic mass is 16.5. The topological polar surface area (TPSA) is 142 Å². The fourth-order valence-corrected chi connectivity index (χ4v) is 7.93. The Hall–Kier alpha value is -3.61. The van der Waals surface area contributed by atoms with Crippen molar-refractivity contribution >= 4 is 34.4 Å². The van der Waals surface area contributed by atoms with Gasteiger partial charge in [-0.15, -0.1) is 0 Å². The molecular weight excluding hydrogens is 672 g/mol. The van der Waals surface area contributed by atoms with Gasteiger partial charge in [0.2, 0.25) is 23.6 Å². The third-order valence-corrected chi connectivity index (χ3v) is 11.2. The summed E-state index contributed by atoms with van der Waals surface area (Å²) in [5, 5.41) is 11.3. The fraction of sp³-hybridized carbons (Fsp3) is 0.683. The molecule has 296 valence electrons. The van der Waals surface area contributed by atoms with Crippen LogP contribution in [0, 0.1) is 23.7 Å². The molecule has 0 saturated carbocycles. The number of ether oxygens (including phenoxy) is 2. The Labute approximate surface area is 317 Å². The number of nitrogens with one attached hydrogen (secondary N) is 3. The highest BCUT2D eigenvalue weighted by Crippen LogP contribution is 2.30. The molecule has 2 aromatic rings. The number of benzene rings is 1. The first kappa shape index (κ1) is 43.8. The number of carbonyl (C=O) groups excluding carboxylic acids is 4. The molecule has 12 nitrogen and oxygen atoms in total. The number of likely N-dealkylation sites (tertiary alicyclic amines) is 1. The number of nitrogens with zero attached hydrogens (tertiary/aromatic N) is 3. The van der Waals surface area contributed by atoms with Crippen molar-refractivity contribution in [3.05, 3.63) is 42.2 Å². The molecule has 12 heteroatoms. The predicted molar refractivity (Wildman–Crippen MR) is 209 cm³/mol. The number of pyridine rings is 1. The van der Waals surface area contributed by atoms with Crippen molar-refractivity contribution in [3.63, 3.8) is 0 Å². The minimum absolute atomic E-state index is 0.000823. The third kappa shape index (κ3) is 11.0. The molecule has 1 aliphatic rings. The summed E-state index contributed by atoms with van der Waals surface area (Å²) in [5.74, 6) is -1.28. The molecule has 1 aliphatic heterocycles. The standard InChI is InChI=1S/C41H66N6O6/c1-12-27(6)37(46(9)41(51)36(26(4)5)45-40(50)35(42-8)25(2)3)33(52-10)23-34(48)47-22-14-17-32(47)38(53-11)28(7)39(49)44-21-19-30-16-13-15-29-18-20-43-24-31(29)30/h13,15-16,18,20,24-28,32-33,35-38,42H,12,14,17,19,21-23H2,1-11H3,(H,44,49)(H,45,50)/t27-,28+,32-,33+,35-,36-,37-,38+/m0/s1. The maximum Gasteiger partial charge on any atom is 0.245 e. The van der Waals surface area contributed by atoms with Gasteiger partial charge in [0.25, 0.3) is 0 Å². The van der Waals surface area contributed by atoms with Crippen molar-refractivity contribution in [2.75, 3.05) is 41.4 Å². The average molecular weight is 739 g/mol. The first-order chi connectivity index (χ1) is 25.2. The second-order valence-electron chi connectivity index (χ2n) is 15.4. The Bertz CT molecular complexity index is 1500. The van der Waals surface area contributed by atoms with Crippen LogP contribution < -0.4 is 16.0 Å². The lowest BCUT2D eigenvalue weighted by Crippen LogP contribution is -2.59. The van der Waals surface area contributed by atoms with E-state index in [0.717, 1.165) is 35.6 Å². The minimum atomic E-state index is -0.746. The summed E-state index contributed by atoms with van der Waals surface area (Å²) < 4.78 is 12.0. The SMILES string of the molecule is CC[C@H](C)[C@@H]([C@@H](CC(=O)N1CCC[C@H]1[C@H](OC)[C@@H](C)C(=O)NCCc1cccc2ccncc12)OC)N(C)C(=O)[C@@H](NC(=O)[C@@H](NC)C(C)C)C(C)C. The minimum Gasteiger partial charge on any atom is -0.379 e. The van der Waals surface area contributed by atoms with E-state index in [-0.39, 0.29) is 53.8 Å². The Morgan fingerprint density at radius 3 is 2.28 bits per heavy atom. The number of amides is 4. The van der Waals surface area contributed by atoms with E-state index in [1.54, 1.807) is 39.4 Å². The number of likely N-dealkylation sites (N-methyl/N-ethyl adjacent to an activating group) is 2. The number of hydrogen-bond acceptors (Lipinski definition) is 8. The van der Waals surface area contributed by atoms with Gasteiger partial charge in [-0.25, -0.2) is 0 Å². The van der Waals surface area contributed by atoms with Gasteiger partial charge in [-0.1, -0.05) is 73.1 Å². The quantitative estimate of drug-likeness (QED) is 0.184. The predicted octanol–water partition coefficient (Wildman–Crippen LogP) is 4.20. The second kappa shape index (κ2) is 20.7. The third-order valence-electron chi connectivity index (χ3n) is 11.2. The van der Waals surface area contributed by atoms with Crippen LogP contribution in [0.5, 0.6) is 0 Å². The Morgan fingerprint density at radius 1 is 0.981 bits per heavy atom. The van der Waals surface area contributed by atoms with E-state index in [4.69, 9.17) is 9.47 Å². The summed E-state index contributed by atoms with van der Waals surface area (Å²) in [6, 6.07) is 6.21. The van der Waals surface area contributed by atoms with Crippen molar-refractivity contribution < 1.29 is 28.7 Å². The van der Waals surface area contributed by atoms with Crippen molar-refractivity contribution in [1.29, 1.82) is 0 Å². The number of fused-ring (bicyclic) bond motifs is 1. The lowest BCUT2D eigenvalue weighted by molar-refractivity contribution is -0.147. The summed E-state index contributed by atoms with van der Waals surface area (Å²) in [6.07, 6.45) is 5.53. The molecule has 1 aromatic carbocycles. The Balaban J connectivity index is 1.72. The Kier molecular flexibility index (Phi) is 17.1. The second-order valence-corrected chi connectivity index (χ2v) is 15.4. The van der Waals surface area contributed by atoms with Crippen molar-refractivity contribution in [2.24, 2.45) is 23.7 Å². The Morgan fingerprint density at radius 2 is 1.68 bits per heavy atom. The van der Waals surface area contributed by atoms with Gasteiger partial charge in [0.1, 0.15) is 6.04 Å². The van der Waals surface area contributed by atoms with Crippen molar-refractivity contribution in [2.45, 2.75) is 117 Å². The normalized spacial score (nSPS) is 18.7. The summed E-state index contributed by atoms with van der Waals surface area (Å²) >= 11 is 0. The zero-order chi connectivity index (χ0) is 39.4. The van der Waals surface area contributed by atoms with Gasteiger partial charge < -0.3 is 35.2 Å². The van der Waals surface area contributed by atoms with E-state index in [1.165, 1.54) is 0 Å². The van der Waals surface area contributed by atoms with E-state index in [0.29, 0.717) is 19.5 Å². The van der Waals surface area contributed by atoms with Gasteiger partial charge in [-0.05, 0) is 61.1 Å². The monoisotopic (exact) mass is 739 g/mol. The molecule has 1 saturated heterocycles. The molecule has 3 rings (SSSR count). The van der Waals surface area contributed by atoms with Gasteiger partial charge in [0.05, 0.1) is 42.7 Å². The molecule has 1 fully saturated rings. The lowest BCUT2D eigenvalue weighted by atomic mass is 9.89. The van der Waals surface area contributed by atoms with Gasteiger partial charge >= 0.3 is 0 Å². The van der Waals surface area contributed by atoms with Crippen LogP contribution in [-0.2, 0) is 35.1 Å². The highest BCUT2D eigenvalue weighted by molar-refractivity contribution is 5.90. The van der Waals surface area contributed by atoms with Crippen molar-refractivity contribution in [3.8, 4) is 0 Å². The molecule has 0 radical (unpaired) electrons. The maximum atomic E-state index is 14.2. The van der Waals surface area contributed by atoms with E-state index in [9.17, 15) is 19.2 Å².